The number of nitrogens with zero attached hydrogens (tertiary/aromatic N) is 4. The quantitative estimate of drug-likeness (QED) is 0.471. The lowest BCUT2D eigenvalue weighted by Gasteiger charge is -2.25. The van der Waals surface area contributed by atoms with E-state index in [4.69, 9.17) is 5.11 Å². The van der Waals surface area contributed by atoms with Gasteiger partial charge >= 0.3 is 0 Å². The van der Waals surface area contributed by atoms with E-state index in [0.29, 0.717) is 30.4 Å². The molecule has 156 valence electrons. The van der Waals surface area contributed by atoms with E-state index in [1.54, 1.807) is 18.3 Å². The Kier molecular flexibility index (Phi) is 5.57. The van der Waals surface area contributed by atoms with Crippen LogP contribution < -0.4 is 16.0 Å². The molecule has 0 radical (unpaired) electrons. The highest BCUT2D eigenvalue weighted by atomic mass is 19.1. The molecule has 3 heterocycles. The Bertz CT molecular complexity index is 1040. The molecule has 1 unspecified atom stereocenters. The van der Waals surface area contributed by atoms with Crippen LogP contribution in [0.5, 0.6) is 0 Å². The molecule has 1 aliphatic heterocycles. The lowest BCUT2D eigenvalue weighted by molar-refractivity contribution is -0.117. The van der Waals surface area contributed by atoms with Gasteiger partial charge in [0, 0.05) is 24.9 Å². The van der Waals surface area contributed by atoms with Crippen molar-refractivity contribution in [2.75, 3.05) is 22.6 Å². The zero-order valence-electron chi connectivity index (χ0n) is 16.3. The van der Waals surface area contributed by atoms with E-state index in [1.165, 1.54) is 18.3 Å². The number of benzene rings is 1. The summed E-state index contributed by atoms with van der Waals surface area (Å²) in [7, 11) is 0. The molecule has 0 saturated heterocycles. The van der Waals surface area contributed by atoms with Crippen LogP contribution in [0.1, 0.15) is 30.5 Å². The second kappa shape index (κ2) is 8.46. The monoisotopic (exact) mass is 411 g/mol. The molecule has 0 fully saturated rings. The van der Waals surface area contributed by atoms with E-state index in [0.717, 1.165) is 11.1 Å². The Balaban J connectivity index is 1.40. The Morgan fingerprint density at radius 2 is 2.10 bits per heavy atom. The van der Waals surface area contributed by atoms with Gasteiger partial charge in [-0.2, -0.15) is 10.1 Å². The number of fused-ring (bicyclic) bond motifs is 1. The van der Waals surface area contributed by atoms with Crippen molar-refractivity contribution in [1.82, 2.24) is 19.7 Å². The number of aliphatic hydroxyl groups excluding tert-OH is 1. The van der Waals surface area contributed by atoms with Crippen molar-refractivity contribution < 1.29 is 14.3 Å². The smallest absolute Gasteiger partial charge is 0.247 e. The third-order valence-corrected chi connectivity index (χ3v) is 4.95. The average Bonchev–Trinajstić information content (AvgIpc) is 3.22. The number of hydrogen-bond acceptors (Lipinski definition) is 7. The minimum Gasteiger partial charge on any atom is -0.396 e. The fourth-order valence-electron chi connectivity index (χ4n) is 3.21. The molecule has 1 amide bonds. The molecule has 4 N–H and O–H groups in total. The van der Waals surface area contributed by atoms with E-state index in [1.807, 2.05) is 17.8 Å². The van der Waals surface area contributed by atoms with Crippen LogP contribution in [0, 0.1) is 5.82 Å². The van der Waals surface area contributed by atoms with Crippen molar-refractivity contribution in [1.29, 1.82) is 0 Å². The van der Waals surface area contributed by atoms with Crippen LogP contribution in [0.4, 0.5) is 21.8 Å². The maximum absolute atomic E-state index is 13.1. The van der Waals surface area contributed by atoms with Crippen LogP contribution in [0.25, 0.3) is 0 Å². The van der Waals surface area contributed by atoms with Gasteiger partial charge in [-0.1, -0.05) is 12.1 Å². The van der Waals surface area contributed by atoms with Gasteiger partial charge in [-0.3, -0.25) is 9.48 Å². The summed E-state index contributed by atoms with van der Waals surface area (Å²) < 4.78 is 14.9. The summed E-state index contributed by atoms with van der Waals surface area (Å²) >= 11 is 0. The first-order valence-electron chi connectivity index (χ1n) is 9.61. The van der Waals surface area contributed by atoms with Crippen LogP contribution in [0.2, 0.25) is 0 Å². The van der Waals surface area contributed by atoms with Gasteiger partial charge in [0.2, 0.25) is 11.9 Å². The molecule has 2 atom stereocenters. The number of carbonyl (C=O) groups is 1. The van der Waals surface area contributed by atoms with Gasteiger partial charge in [0.25, 0.3) is 0 Å². The maximum Gasteiger partial charge on any atom is 0.247 e. The first-order chi connectivity index (χ1) is 14.5. The van der Waals surface area contributed by atoms with Gasteiger partial charge in [-0.05, 0) is 31.0 Å². The van der Waals surface area contributed by atoms with Gasteiger partial charge in [-0.25, -0.2) is 9.37 Å². The van der Waals surface area contributed by atoms with Crippen molar-refractivity contribution in [2.45, 2.75) is 32.0 Å². The Morgan fingerprint density at radius 1 is 1.30 bits per heavy atom. The Morgan fingerprint density at radius 3 is 2.87 bits per heavy atom. The summed E-state index contributed by atoms with van der Waals surface area (Å²) in [4.78, 5) is 20.6. The average molecular weight is 411 g/mol. The molecule has 0 aliphatic carbocycles. The highest BCUT2D eigenvalue weighted by Crippen LogP contribution is 2.25. The Labute approximate surface area is 172 Å². The summed E-state index contributed by atoms with van der Waals surface area (Å²) in [5.41, 5.74) is 2.40. The van der Waals surface area contributed by atoms with Gasteiger partial charge < -0.3 is 21.1 Å². The van der Waals surface area contributed by atoms with E-state index in [-0.39, 0.29) is 24.4 Å². The van der Waals surface area contributed by atoms with Crippen molar-refractivity contribution in [3.63, 3.8) is 0 Å². The number of carbonyl (C=O) groups excluding carboxylic acids is 1. The lowest BCUT2D eigenvalue weighted by Crippen LogP contribution is -2.40. The number of aliphatic hydroxyl groups is 1. The van der Waals surface area contributed by atoms with Crippen LogP contribution in [0.15, 0.2) is 42.9 Å². The van der Waals surface area contributed by atoms with E-state index < -0.39 is 6.04 Å². The van der Waals surface area contributed by atoms with Gasteiger partial charge in [0.15, 0.2) is 5.82 Å². The number of aromatic nitrogens is 4. The fraction of sp³-hybridized carbons (Fsp3) is 0.300. The first-order valence-corrected chi connectivity index (χ1v) is 9.61. The first kappa shape index (κ1) is 19.8. The summed E-state index contributed by atoms with van der Waals surface area (Å²) in [6.45, 7) is 2.35. The van der Waals surface area contributed by atoms with E-state index >= 15 is 0 Å². The predicted octanol–water partition coefficient (Wildman–Crippen LogP) is 2.15. The van der Waals surface area contributed by atoms with Crippen LogP contribution in [-0.2, 0) is 11.3 Å². The SMILES string of the molecule is CC(c1ccc(F)cc1)n1cc(CNc2ncc3c(n2)N[C@@H](CCO)C(=O)N3)cn1. The highest BCUT2D eigenvalue weighted by Gasteiger charge is 2.26. The molecule has 0 saturated carbocycles. The molecule has 0 bridgehead atoms. The topological polar surface area (TPSA) is 117 Å². The third-order valence-electron chi connectivity index (χ3n) is 4.95. The normalized spacial score (nSPS) is 16.4. The van der Waals surface area contributed by atoms with Crippen LogP contribution in [0.3, 0.4) is 0 Å². The van der Waals surface area contributed by atoms with Crippen molar-refractivity contribution in [3.05, 3.63) is 59.8 Å². The molecule has 1 aromatic carbocycles. The van der Waals surface area contributed by atoms with E-state index in [9.17, 15) is 9.18 Å². The number of halogens is 1. The standard InChI is InChI=1S/C20H22FN7O2/c1-12(14-2-4-15(21)5-3-14)28-11-13(9-24-28)8-22-20-23-10-17-18(27-20)25-16(6-7-29)19(30)26-17/h2-5,9-12,16,29H,6-8H2,1H3,(H,26,30)(H2,22,23,25,27)/t12?,16-/m0/s1. The van der Waals surface area contributed by atoms with Crippen molar-refractivity contribution in [3.8, 4) is 0 Å². The molecule has 9 nitrogen and oxygen atoms in total. The van der Waals surface area contributed by atoms with Gasteiger partial charge in [0.1, 0.15) is 17.5 Å². The van der Waals surface area contributed by atoms with E-state index in [2.05, 4.69) is 31.0 Å². The predicted molar refractivity (Wildman–Crippen MR) is 110 cm³/mol. The van der Waals surface area contributed by atoms with Gasteiger partial charge in [-0.15, -0.1) is 0 Å². The number of nitrogens with one attached hydrogen (secondary N) is 3. The highest BCUT2D eigenvalue weighted by molar-refractivity contribution is 6.02. The molecule has 1 aliphatic rings. The Hall–Kier alpha value is -3.53. The second-order valence-corrected chi connectivity index (χ2v) is 7.06. The number of hydrogen-bond donors (Lipinski definition) is 4. The zero-order valence-corrected chi connectivity index (χ0v) is 16.3. The second-order valence-electron chi connectivity index (χ2n) is 7.06. The molecule has 4 rings (SSSR count). The summed E-state index contributed by atoms with van der Waals surface area (Å²) in [6.07, 6.45) is 5.49. The van der Waals surface area contributed by atoms with Crippen LogP contribution >= 0.6 is 0 Å². The maximum atomic E-state index is 13.1. The molecular formula is C20H22FN7O2. The fourth-order valence-corrected chi connectivity index (χ4v) is 3.21. The number of anilines is 3. The molecule has 0 spiro atoms. The minimum atomic E-state index is -0.531. The zero-order chi connectivity index (χ0) is 21.1. The largest absolute Gasteiger partial charge is 0.396 e. The lowest BCUT2D eigenvalue weighted by atomic mass is 10.1. The molecule has 3 aromatic rings. The summed E-state index contributed by atoms with van der Waals surface area (Å²) in [6, 6.07) is 5.80. The molecular weight excluding hydrogens is 389 g/mol. The van der Waals surface area contributed by atoms with Crippen molar-refractivity contribution >= 4 is 23.4 Å². The third kappa shape index (κ3) is 4.23. The van der Waals surface area contributed by atoms with Crippen molar-refractivity contribution in [2.24, 2.45) is 0 Å². The summed E-state index contributed by atoms with van der Waals surface area (Å²) in [5.74, 6) is 0.423. The molecule has 30 heavy (non-hydrogen) atoms. The molecule has 2 aromatic heterocycles. The van der Waals surface area contributed by atoms with Gasteiger partial charge in [0.05, 0.1) is 18.4 Å². The molecule has 10 heteroatoms. The number of rotatable bonds is 7. The minimum absolute atomic E-state index is 0.0318. The number of amides is 1. The summed E-state index contributed by atoms with van der Waals surface area (Å²) in [5, 5.41) is 22.4. The van der Waals surface area contributed by atoms with Crippen LogP contribution in [-0.4, -0.2) is 43.4 Å².